The highest BCUT2D eigenvalue weighted by atomic mass is 79.9. The summed E-state index contributed by atoms with van der Waals surface area (Å²) in [5.41, 5.74) is 0.678. The monoisotopic (exact) mass is 339 g/mol. The van der Waals surface area contributed by atoms with Crippen molar-refractivity contribution in [3.05, 3.63) is 46.4 Å². The van der Waals surface area contributed by atoms with Gasteiger partial charge in [0.2, 0.25) is 0 Å². The minimum Gasteiger partial charge on any atom is -0.352 e. The summed E-state index contributed by atoms with van der Waals surface area (Å²) in [6, 6.07) is 11.7. The van der Waals surface area contributed by atoms with Crippen LogP contribution in [0.3, 0.4) is 0 Å². The first-order chi connectivity index (χ1) is 9.06. The molecule has 1 atom stereocenters. The zero-order chi connectivity index (χ0) is 13.8. The Bertz CT molecular complexity index is 598. The van der Waals surface area contributed by atoms with E-state index in [1.807, 2.05) is 43.3 Å². The van der Waals surface area contributed by atoms with Gasteiger partial charge in [0.1, 0.15) is 0 Å². The van der Waals surface area contributed by atoms with Gasteiger partial charge >= 0.3 is 0 Å². The molecule has 2 nitrogen and oxygen atoms in total. The first kappa shape index (κ1) is 14.4. The van der Waals surface area contributed by atoms with Crippen LogP contribution >= 0.6 is 27.5 Å². The van der Waals surface area contributed by atoms with Crippen molar-refractivity contribution in [2.45, 2.75) is 18.7 Å². The Morgan fingerprint density at radius 3 is 2.68 bits per heavy atom. The Hall–Kier alpha value is -1.06. The maximum Gasteiger partial charge on any atom is 0.251 e. The lowest BCUT2D eigenvalue weighted by Gasteiger charge is -2.07. The third kappa shape index (κ3) is 3.95. The largest absolute Gasteiger partial charge is 0.352 e. The van der Waals surface area contributed by atoms with Crippen LogP contribution in [0.2, 0.25) is 0 Å². The van der Waals surface area contributed by atoms with Gasteiger partial charge in [-0.15, -0.1) is 11.6 Å². The van der Waals surface area contributed by atoms with Crippen molar-refractivity contribution in [2.75, 3.05) is 6.54 Å². The number of fused-ring (bicyclic) bond motifs is 1. The second-order valence-electron chi connectivity index (χ2n) is 4.53. The number of carbonyl (C=O) groups is 1. The van der Waals surface area contributed by atoms with Crippen molar-refractivity contribution in [3.63, 3.8) is 0 Å². The molecule has 100 valence electrons. The van der Waals surface area contributed by atoms with Crippen molar-refractivity contribution >= 4 is 44.2 Å². The fourth-order valence-electron chi connectivity index (χ4n) is 1.84. The van der Waals surface area contributed by atoms with Crippen LogP contribution in [0.1, 0.15) is 23.7 Å². The molecule has 2 aromatic carbocycles. The molecule has 0 aliphatic carbocycles. The fourth-order valence-corrected chi connectivity index (χ4v) is 2.33. The lowest BCUT2D eigenvalue weighted by molar-refractivity contribution is 0.0953. The molecule has 0 fully saturated rings. The van der Waals surface area contributed by atoms with Crippen molar-refractivity contribution in [2.24, 2.45) is 0 Å². The van der Waals surface area contributed by atoms with Crippen LogP contribution in [0.4, 0.5) is 0 Å². The number of hydrogen-bond acceptors (Lipinski definition) is 1. The molecule has 0 saturated carbocycles. The molecule has 0 aliphatic heterocycles. The van der Waals surface area contributed by atoms with Crippen LogP contribution in [0, 0.1) is 0 Å². The Morgan fingerprint density at radius 1 is 1.26 bits per heavy atom. The molecular weight excluding hydrogens is 326 g/mol. The van der Waals surface area contributed by atoms with E-state index in [0.29, 0.717) is 12.1 Å². The van der Waals surface area contributed by atoms with E-state index >= 15 is 0 Å². The third-order valence-corrected chi connectivity index (χ3v) is 3.60. The first-order valence-corrected chi connectivity index (χ1v) is 7.41. The van der Waals surface area contributed by atoms with Crippen LogP contribution < -0.4 is 5.32 Å². The van der Waals surface area contributed by atoms with Gasteiger partial charge in [-0.2, -0.15) is 0 Å². The molecule has 0 aliphatic rings. The van der Waals surface area contributed by atoms with Gasteiger partial charge in [0.25, 0.3) is 5.91 Å². The summed E-state index contributed by atoms with van der Waals surface area (Å²) in [5, 5.41) is 5.12. The van der Waals surface area contributed by atoms with E-state index in [-0.39, 0.29) is 11.3 Å². The minimum absolute atomic E-state index is 0.0536. The molecule has 19 heavy (non-hydrogen) atoms. The summed E-state index contributed by atoms with van der Waals surface area (Å²) in [7, 11) is 0. The van der Waals surface area contributed by atoms with Gasteiger partial charge in [-0.3, -0.25) is 4.79 Å². The summed E-state index contributed by atoms with van der Waals surface area (Å²) in [5.74, 6) is -0.0536. The zero-order valence-corrected chi connectivity index (χ0v) is 13.0. The molecule has 0 aromatic heterocycles. The summed E-state index contributed by atoms with van der Waals surface area (Å²) in [6.07, 6.45) is 0.772. The SMILES string of the molecule is CC(Cl)CCNC(=O)c1ccc2cc(Br)ccc2c1. The number of amides is 1. The molecule has 2 aromatic rings. The summed E-state index contributed by atoms with van der Waals surface area (Å²) >= 11 is 9.28. The molecule has 2 rings (SSSR count). The average molecular weight is 341 g/mol. The number of benzene rings is 2. The van der Waals surface area contributed by atoms with E-state index in [1.54, 1.807) is 0 Å². The predicted molar refractivity (Wildman–Crippen MR) is 83.9 cm³/mol. The molecule has 0 heterocycles. The van der Waals surface area contributed by atoms with Crippen LogP contribution in [-0.4, -0.2) is 17.8 Å². The third-order valence-electron chi connectivity index (χ3n) is 2.89. The highest BCUT2D eigenvalue weighted by molar-refractivity contribution is 9.10. The van der Waals surface area contributed by atoms with Gasteiger partial charge in [0, 0.05) is 22.0 Å². The van der Waals surface area contributed by atoms with Gasteiger partial charge in [0.15, 0.2) is 0 Å². The Balaban J connectivity index is 2.12. The van der Waals surface area contributed by atoms with Crippen LogP contribution in [0.15, 0.2) is 40.9 Å². The van der Waals surface area contributed by atoms with Crippen molar-refractivity contribution in [1.82, 2.24) is 5.32 Å². The van der Waals surface area contributed by atoms with E-state index in [9.17, 15) is 4.79 Å². The lowest BCUT2D eigenvalue weighted by atomic mass is 10.1. The minimum atomic E-state index is -0.0536. The van der Waals surface area contributed by atoms with Gasteiger partial charge < -0.3 is 5.32 Å². The highest BCUT2D eigenvalue weighted by Crippen LogP contribution is 2.20. The van der Waals surface area contributed by atoms with Gasteiger partial charge in [-0.1, -0.05) is 28.1 Å². The number of carbonyl (C=O) groups excluding carboxylic acids is 1. The maximum atomic E-state index is 12.0. The standard InChI is InChI=1S/C15H15BrClNO/c1-10(17)6-7-18-15(19)13-3-2-12-9-14(16)5-4-11(12)8-13/h2-5,8-10H,6-7H2,1H3,(H,18,19). The molecule has 0 saturated heterocycles. The fraction of sp³-hybridized carbons (Fsp3) is 0.267. The predicted octanol–water partition coefficient (Wildman–Crippen LogP) is 4.35. The van der Waals surface area contributed by atoms with Gasteiger partial charge in [-0.05, 0) is 48.4 Å². The second-order valence-corrected chi connectivity index (χ2v) is 6.19. The van der Waals surface area contributed by atoms with Crippen LogP contribution in [-0.2, 0) is 0 Å². The average Bonchev–Trinajstić information content (AvgIpc) is 2.37. The van der Waals surface area contributed by atoms with Crippen LogP contribution in [0.25, 0.3) is 10.8 Å². The first-order valence-electron chi connectivity index (χ1n) is 6.18. The molecule has 0 radical (unpaired) electrons. The number of rotatable bonds is 4. The van der Waals surface area contributed by atoms with E-state index < -0.39 is 0 Å². The highest BCUT2D eigenvalue weighted by Gasteiger charge is 2.06. The van der Waals surface area contributed by atoms with E-state index in [0.717, 1.165) is 21.7 Å². The molecule has 0 bridgehead atoms. The van der Waals surface area contributed by atoms with Crippen molar-refractivity contribution in [3.8, 4) is 0 Å². The lowest BCUT2D eigenvalue weighted by Crippen LogP contribution is -2.25. The molecule has 0 spiro atoms. The van der Waals surface area contributed by atoms with E-state index in [4.69, 9.17) is 11.6 Å². The number of hydrogen-bond donors (Lipinski definition) is 1. The maximum absolute atomic E-state index is 12.0. The quantitative estimate of drug-likeness (QED) is 0.824. The Kier molecular flexibility index (Phi) is 4.83. The van der Waals surface area contributed by atoms with E-state index in [1.165, 1.54) is 0 Å². The second kappa shape index (κ2) is 6.40. The van der Waals surface area contributed by atoms with Crippen LogP contribution in [0.5, 0.6) is 0 Å². The summed E-state index contributed by atoms with van der Waals surface area (Å²) < 4.78 is 1.04. The molecule has 4 heteroatoms. The van der Waals surface area contributed by atoms with Crippen molar-refractivity contribution in [1.29, 1.82) is 0 Å². The van der Waals surface area contributed by atoms with Gasteiger partial charge in [-0.25, -0.2) is 0 Å². The number of alkyl halides is 1. The summed E-state index contributed by atoms with van der Waals surface area (Å²) in [4.78, 5) is 12.0. The molecule has 1 amide bonds. The van der Waals surface area contributed by atoms with Crippen molar-refractivity contribution < 1.29 is 4.79 Å². The Labute approximate surface area is 126 Å². The summed E-state index contributed by atoms with van der Waals surface area (Å²) in [6.45, 7) is 2.52. The van der Waals surface area contributed by atoms with Gasteiger partial charge in [0.05, 0.1) is 0 Å². The number of nitrogens with one attached hydrogen (secondary N) is 1. The molecular formula is C15H15BrClNO. The molecule has 1 unspecified atom stereocenters. The molecule has 1 N–H and O–H groups in total. The van der Waals surface area contributed by atoms with E-state index in [2.05, 4.69) is 21.2 Å². The smallest absolute Gasteiger partial charge is 0.251 e. The normalized spacial score (nSPS) is 12.4. The Morgan fingerprint density at radius 2 is 1.95 bits per heavy atom. The number of halogens is 2. The zero-order valence-electron chi connectivity index (χ0n) is 10.6. The topological polar surface area (TPSA) is 29.1 Å².